The van der Waals surface area contributed by atoms with E-state index >= 15 is 0 Å². The predicted octanol–water partition coefficient (Wildman–Crippen LogP) is 4.41. The number of nitrogens with zero attached hydrogens (tertiary/aromatic N) is 1. The lowest BCUT2D eigenvalue weighted by molar-refractivity contribution is -0.137. The van der Waals surface area contributed by atoms with E-state index in [1.54, 1.807) is 0 Å². The van der Waals surface area contributed by atoms with Gasteiger partial charge in [0.15, 0.2) is 0 Å². The van der Waals surface area contributed by atoms with Gasteiger partial charge in [0.2, 0.25) is 5.91 Å². The van der Waals surface area contributed by atoms with Crippen LogP contribution in [0, 0.1) is 5.92 Å². The van der Waals surface area contributed by atoms with Gasteiger partial charge in [0, 0.05) is 36.8 Å². The van der Waals surface area contributed by atoms with Gasteiger partial charge in [-0.05, 0) is 67.1 Å². The highest BCUT2D eigenvalue weighted by Gasteiger charge is 2.31. The van der Waals surface area contributed by atoms with E-state index in [9.17, 15) is 23.1 Å². The number of piperidine rings is 1. The summed E-state index contributed by atoms with van der Waals surface area (Å²) in [5.41, 5.74) is 3.06. The molecule has 4 rings (SSSR count). The predicted molar refractivity (Wildman–Crippen MR) is 109 cm³/mol. The molecule has 160 valence electrons. The molecule has 1 saturated heterocycles. The number of benzene rings is 2. The van der Waals surface area contributed by atoms with Crippen molar-refractivity contribution >= 4 is 17.3 Å². The van der Waals surface area contributed by atoms with Crippen LogP contribution in [0.3, 0.4) is 0 Å². The minimum atomic E-state index is -4.34. The number of amides is 1. The summed E-state index contributed by atoms with van der Waals surface area (Å²) in [6.45, 7) is 1.24. The van der Waals surface area contributed by atoms with E-state index in [4.69, 9.17) is 0 Å². The smallest absolute Gasteiger partial charge is 0.393 e. The van der Waals surface area contributed by atoms with Crippen molar-refractivity contribution in [3.05, 3.63) is 59.2 Å². The molecule has 4 nitrogen and oxygen atoms in total. The molecule has 2 aliphatic rings. The van der Waals surface area contributed by atoms with Crippen molar-refractivity contribution in [3.8, 4) is 0 Å². The number of anilines is 2. The van der Waals surface area contributed by atoms with E-state index in [0.717, 1.165) is 41.9 Å². The minimum Gasteiger partial charge on any atom is -0.393 e. The largest absolute Gasteiger partial charge is 0.416 e. The van der Waals surface area contributed by atoms with Crippen LogP contribution in [-0.2, 0) is 23.8 Å². The van der Waals surface area contributed by atoms with Crippen LogP contribution in [0.1, 0.15) is 36.0 Å². The van der Waals surface area contributed by atoms with Gasteiger partial charge in [-0.2, -0.15) is 13.2 Å². The van der Waals surface area contributed by atoms with E-state index in [1.165, 1.54) is 17.7 Å². The van der Waals surface area contributed by atoms with Crippen LogP contribution >= 0.6 is 0 Å². The number of halogens is 3. The summed E-state index contributed by atoms with van der Waals surface area (Å²) < 4.78 is 38.2. The number of carbonyl (C=O) groups is 1. The van der Waals surface area contributed by atoms with Crippen LogP contribution in [0.5, 0.6) is 0 Å². The molecule has 0 bridgehead atoms. The zero-order valence-corrected chi connectivity index (χ0v) is 16.6. The summed E-state index contributed by atoms with van der Waals surface area (Å²) in [7, 11) is 0. The number of carbonyl (C=O) groups excluding carboxylic acids is 1. The van der Waals surface area contributed by atoms with Crippen molar-refractivity contribution < 1.29 is 23.1 Å². The molecule has 0 radical (unpaired) electrons. The SMILES string of the molecule is O=C(Nc1cccc2c1C[C@H](O)CC2)C1CCN(c2ccc(C(F)(F)F)cc2)CC1. The molecule has 1 amide bonds. The molecular weight excluding hydrogens is 393 g/mol. The lowest BCUT2D eigenvalue weighted by Crippen LogP contribution is -2.38. The summed E-state index contributed by atoms with van der Waals surface area (Å²) in [6.07, 6.45) is -1.32. The number of hydrogen-bond acceptors (Lipinski definition) is 3. The normalized spacial score (nSPS) is 20.0. The quantitative estimate of drug-likeness (QED) is 0.777. The molecule has 2 N–H and O–H groups in total. The molecule has 0 aromatic heterocycles. The van der Waals surface area contributed by atoms with Crippen molar-refractivity contribution in [2.75, 3.05) is 23.3 Å². The zero-order valence-electron chi connectivity index (χ0n) is 16.6. The number of aliphatic hydroxyl groups excluding tert-OH is 1. The van der Waals surface area contributed by atoms with Crippen molar-refractivity contribution in [1.82, 2.24) is 0 Å². The molecule has 0 saturated carbocycles. The standard InChI is InChI=1S/C23H25F3N2O2/c24-23(25,26)17-5-7-18(8-6-17)28-12-10-16(11-13-28)22(30)27-21-3-1-2-15-4-9-19(29)14-20(15)21/h1-3,5-8,16,19,29H,4,9-14H2,(H,27,30)/t19-/m1/s1. The summed E-state index contributed by atoms with van der Waals surface area (Å²) in [6, 6.07) is 11.0. The third-order valence-electron chi connectivity index (χ3n) is 6.14. The van der Waals surface area contributed by atoms with E-state index in [-0.39, 0.29) is 17.9 Å². The third-order valence-corrected chi connectivity index (χ3v) is 6.14. The molecule has 1 aliphatic carbocycles. The lowest BCUT2D eigenvalue weighted by Gasteiger charge is -2.33. The van der Waals surface area contributed by atoms with Gasteiger partial charge in [-0.1, -0.05) is 12.1 Å². The highest BCUT2D eigenvalue weighted by atomic mass is 19.4. The van der Waals surface area contributed by atoms with Crippen molar-refractivity contribution in [3.63, 3.8) is 0 Å². The first-order chi connectivity index (χ1) is 14.3. The van der Waals surface area contributed by atoms with Gasteiger partial charge in [-0.15, -0.1) is 0 Å². The molecule has 2 aromatic rings. The first-order valence-electron chi connectivity index (χ1n) is 10.3. The number of nitrogens with one attached hydrogen (secondary N) is 1. The Morgan fingerprint density at radius 2 is 1.73 bits per heavy atom. The fourth-order valence-electron chi connectivity index (χ4n) is 4.38. The molecule has 1 atom stereocenters. The average molecular weight is 418 g/mol. The van der Waals surface area contributed by atoms with Crippen LogP contribution in [0.4, 0.5) is 24.5 Å². The Hall–Kier alpha value is -2.54. The van der Waals surface area contributed by atoms with Crippen molar-refractivity contribution in [2.24, 2.45) is 5.92 Å². The summed E-state index contributed by atoms with van der Waals surface area (Å²) >= 11 is 0. The number of hydrogen-bond donors (Lipinski definition) is 2. The van der Waals surface area contributed by atoms with Gasteiger partial charge in [0.1, 0.15) is 0 Å². The number of aliphatic hydroxyl groups is 1. The maximum atomic E-state index is 12.8. The van der Waals surface area contributed by atoms with Crippen molar-refractivity contribution in [2.45, 2.75) is 44.4 Å². The maximum Gasteiger partial charge on any atom is 0.416 e. The molecule has 2 aromatic carbocycles. The Morgan fingerprint density at radius 1 is 1.03 bits per heavy atom. The third kappa shape index (κ3) is 4.46. The van der Waals surface area contributed by atoms with Crippen LogP contribution < -0.4 is 10.2 Å². The van der Waals surface area contributed by atoms with Crippen LogP contribution in [0.2, 0.25) is 0 Å². The van der Waals surface area contributed by atoms with Gasteiger partial charge in [-0.25, -0.2) is 0 Å². The second-order valence-corrected chi connectivity index (χ2v) is 8.14. The number of fused-ring (bicyclic) bond motifs is 1. The first-order valence-corrected chi connectivity index (χ1v) is 10.3. The molecule has 0 spiro atoms. The second kappa shape index (κ2) is 8.30. The van der Waals surface area contributed by atoms with E-state index in [2.05, 4.69) is 5.32 Å². The van der Waals surface area contributed by atoms with Crippen molar-refractivity contribution in [1.29, 1.82) is 0 Å². The van der Waals surface area contributed by atoms with Gasteiger partial charge in [0.25, 0.3) is 0 Å². The Bertz CT molecular complexity index is 904. The Kier molecular flexibility index (Phi) is 5.73. The molecule has 30 heavy (non-hydrogen) atoms. The minimum absolute atomic E-state index is 0.0319. The van der Waals surface area contributed by atoms with E-state index in [1.807, 2.05) is 23.1 Å². The summed E-state index contributed by atoms with van der Waals surface area (Å²) in [5, 5.41) is 13.0. The molecule has 1 heterocycles. The number of rotatable bonds is 3. The summed E-state index contributed by atoms with van der Waals surface area (Å²) in [5.74, 6) is -0.171. The molecular formula is C23H25F3N2O2. The fourth-order valence-corrected chi connectivity index (χ4v) is 4.38. The van der Waals surface area contributed by atoms with Gasteiger partial charge >= 0.3 is 6.18 Å². The Morgan fingerprint density at radius 3 is 2.40 bits per heavy atom. The Balaban J connectivity index is 1.36. The maximum absolute atomic E-state index is 12.8. The molecule has 7 heteroatoms. The zero-order chi connectivity index (χ0) is 21.3. The van der Waals surface area contributed by atoms with E-state index in [0.29, 0.717) is 32.4 Å². The fraction of sp³-hybridized carbons (Fsp3) is 0.435. The van der Waals surface area contributed by atoms with Crippen LogP contribution in [0.25, 0.3) is 0 Å². The molecule has 1 aliphatic heterocycles. The first kappa shape index (κ1) is 20.7. The van der Waals surface area contributed by atoms with Gasteiger partial charge < -0.3 is 15.3 Å². The van der Waals surface area contributed by atoms with Gasteiger partial charge in [-0.3, -0.25) is 4.79 Å². The lowest BCUT2D eigenvalue weighted by atomic mass is 9.88. The summed E-state index contributed by atoms with van der Waals surface area (Å²) in [4.78, 5) is 14.8. The monoisotopic (exact) mass is 418 g/mol. The highest BCUT2D eigenvalue weighted by molar-refractivity contribution is 5.93. The number of aryl methyl sites for hydroxylation is 1. The second-order valence-electron chi connectivity index (χ2n) is 8.14. The van der Waals surface area contributed by atoms with Gasteiger partial charge in [0.05, 0.1) is 11.7 Å². The number of alkyl halides is 3. The molecule has 0 unspecified atom stereocenters. The van der Waals surface area contributed by atoms with Crippen LogP contribution in [0.15, 0.2) is 42.5 Å². The average Bonchev–Trinajstić information content (AvgIpc) is 2.74. The van der Waals surface area contributed by atoms with E-state index < -0.39 is 11.7 Å². The molecule has 1 fully saturated rings. The van der Waals surface area contributed by atoms with Crippen LogP contribution in [-0.4, -0.2) is 30.2 Å². The topological polar surface area (TPSA) is 52.6 Å². The highest BCUT2D eigenvalue weighted by Crippen LogP contribution is 2.32. The Labute approximate surface area is 173 Å².